The molecule has 0 bridgehead atoms. The van der Waals surface area contributed by atoms with E-state index >= 15 is 0 Å². The second kappa shape index (κ2) is 5.80. The number of hydrogen-bond donors (Lipinski definition) is 0. The van der Waals surface area contributed by atoms with Crippen molar-refractivity contribution in [3.8, 4) is 0 Å². The normalized spacial score (nSPS) is 10.6. The van der Waals surface area contributed by atoms with Gasteiger partial charge in [0.15, 0.2) is 0 Å². The number of aldehydes is 1. The van der Waals surface area contributed by atoms with Crippen LogP contribution in [-0.4, -0.2) is 6.29 Å². The molecule has 84 valence electrons. The Hall–Kier alpha value is -2.15. The van der Waals surface area contributed by atoms with Gasteiger partial charge in [-0.15, -0.1) is 0 Å². The summed E-state index contributed by atoms with van der Waals surface area (Å²) in [5.41, 5.74) is 3.64. The molecule has 0 aromatic heterocycles. The van der Waals surface area contributed by atoms with Crippen LogP contribution in [0.2, 0.25) is 0 Å². The van der Waals surface area contributed by atoms with Crippen molar-refractivity contribution in [3.05, 3.63) is 77.4 Å². The van der Waals surface area contributed by atoms with Crippen LogP contribution in [0.25, 0.3) is 6.08 Å². The smallest absolute Gasteiger partial charge is 0.142 e. The average Bonchev–Trinajstić information content (AvgIpc) is 2.39. The van der Waals surface area contributed by atoms with Crippen molar-refractivity contribution in [1.82, 2.24) is 0 Å². The number of rotatable bonds is 4. The molecule has 0 heterocycles. The molecule has 0 spiro atoms. The van der Waals surface area contributed by atoms with Crippen LogP contribution in [-0.2, 0) is 11.2 Å². The van der Waals surface area contributed by atoms with E-state index in [4.69, 9.17) is 0 Å². The third-order valence-corrected chi connectivity index (χ3v) is 2.60. The molecule has 2 aromatic rings. The molecule has 0 aliphatic heterocycles. The molecule has 0 N–H and O–H groups in total. The fourth-order valence-corrected chi connectivity index (χ4v) is 1.73. The molecule has 0 radical (unpaired) electrons. The fourth-order valence-electron chi connectivity index (χ4n) is 1.73. The minimum Gasteiger partial charge on any atom is -0.299 e. The Labute approximate surface area is 101 Å². The van der Waals surface area contributed by atoms with E-state index in [1.54, 1.807) is 6.08 Å². The van der Waals surface area contributed by atoms with Gasteiger partial charge >= 0.3 is 0 Å². The van der Waals surface area contributed by atoms with Gasteiger partial charge in [0.05, 0.1) is 0 Å². The first kappa shape index (κ1) is 11.3. The maximum Gasteiger partial charge on any atom is 0.142 e. The van der Waals surface area contributed by atoms with Gasteiger partial charge in [0, 0.05) is 0 Å². The van der Waals surface area contributed by atoms with E-state index in [0.717, 1.165) is 18.3 Å². The molecule has 1 heteroatoms. The molecule has 2 rings (SSSR count). The van der Waals surface area contributed by atoms with Crippen molar-refractivity contribution in [2.75, 3.05) is 0 Å². The minimum absolute atomic E-state index is 0.790. The molecule has 0 saturated heterocycles. The summed E-state index contributed by atoms with van der Waals surface area (Å²) in [4.78, 5) is 10.2. The summed E-state index contributed by atoms with van der Waals surface area (Å²) in [5.74, 6) is 0. The highest BCUT2D eigenvalue weighted by Gasteiger charge is 1.95. The predicted octanol–water partition coefficient (Wildman–Crippen LogP) is 3.49. The van der Waals surface area contributed by atoms with Crippen LogP contribution in [0.5, 0.6) is 0 Å². The lowest BCUT2D eigenvalue weighted by atomic mass is 10.0. The second-order valence-corrected chi connectivity index (χ2v) is 3.90. The highest BCUT2D eigenvalue weighted by atomic mass is 16.1. The van der Waals surface area contributed by atoms with Gasteiger partial charge in [0.2, 0.25) is 0 Å². The minimum atomic E-state index is 0.790. The van der Waals surface area contributed by atoms with Crippen LogP contribution in [0.3, 0.4) is 0 Å². The Kier molecular flexibility index (Phi) is 3.87. The average molecular weight is 222 g/mol. The van der Waals surface area contributed by atoms with Gasteiger partial charge in [0.1, 0.15) is 6.29 Å². The van der Waals surface area contributed by atoms with Crippen molar-refractivity contribution in [2.45, 2.75) is 6.42 Å². The topological polar surface area (TPSA) is 17.1 Å². The Bertz CT molecular complexity index is 495. The first-order valence-corrected chi connectivity index (χ1v) is 5.63. The maximum absolute atomic E-state index is 10.2. The Balaban J connectivity index is 2.08. The van der Waals surface area contributed by atoms with Crippen LogP contribution in [0.15, 0.2) is 60.7 Å². The van der Waals surface area contributed by atoms with E-state index in [2.05, 4.69) is 36.4 Å². The number of benzene rings is 2. The zero-order valence-corrected chi connectivity index (χ0v) is 9.54. The lowest BCUT2D eigenvalue weighted by molar-refractivity contribution is -0.104. The molecule has 0 fully saturated rings. The maximum atomic E-state index is 10.2. The van der Waals surface area contributed by atoms with Crippen LogP contribution >= 0.6 is 0 Å². The summed E-state index contributed by atoms with van der Waals surface area (Å²) in [5, 5.41) is 0. The first-order chi connectivity index (χ1) is 8.38. The molecule has 2 aromatic carbocycles. The van der Waals surface area contributed by atoms with Crippen molar-refractivity contribution in [1.29, 1.82) is 0 Å². The summed E-state index contributed by atoms with van der Waals surface area (Å²) in [7, 11) is 0. The third kappa shape index (κ3) is 3.42. The Morgan fingerprint density at radius 3 is 2.12 bits per heavy atom. The molecule has 0 unspecified atom stereocenters. The third-order valence-electron chi connectivity index (χ3n) is 2.60. The summed E-state index contributed by atoms with van der Waals surface area (Å²) in [6.07, 6.45) is 5.04. The molecule has 1 nitrogen and oxygen atoms in total. The van der Waals surface area contributed by atoms with E-state index in [-0.39, 0.29) is 0 Å². The van der Waals surface area contributed by atoms with E-state index in [1.165, 1.54) is 17.2 Å². The number of hydrogen-bond acceptors (Lipinski definition) is 1. The van der Waals surface area contributed by atoms with E-state index in [9.17, 15) is 4.79 Å². The van der Waals surface area contributed by atoms with Crippen LogP contribution < -0.4 is 0 Å². The van der Waals surface area contributed by atoms with E-state index in [0.29, 0.717) is 0 Å². The fraction of sp³-hybridized carbons (Fsp3) is 0.0625. The van der Waals surface area contributed by atoms with Crippen molar-refractivity contribution >= 4 is 12.4 Å². The molecule has 0 amide bonds. The van der Waals surface area contributed by atoms with Crippen LogP contribution in [0.4, 0.5) is 0 Å². The lowest BCUT2D eigenvalue weighted by Gasteiger charge is -2.02. The van der Waals surface area contributed by atoms with Crippen molar-refractivity contribution in [2.24, 2.45) is 0 Å². The van der Waals surface area contributed by atoms with Gasteiger partial charge in [-0.25, -0.2) is 0 Å². The van der Waals surface area contributed by atoms with Crippen LogP contribution in [0, 0.1) is 0 Å². The SMILES string of the molecule is O=C/C=C/c1ccc(Cc2ccccc2)cc1. The second-order valence-electron chi connectivity index (χ2n) is 3.90. The van der Waals surface area contributed by atoms with E-state index < -0.39 is 0 Å². The number of allylic oxidation sites excluding steroid dienone is 1. The van der Waals surface area contributed by atoms with Gasteiger partial charge in [-0.3, -0.25) is 4.79 Å². The quantitative estimate of drug-likeness (QED) is 0.571. The largest absolute Gasteiger partial charge is 0.299 e. The lowest BCUT2D eigenvalue weighted by Crippen LogP contribution is -1.87. The number of carbonyl (C=O) groups excluding carboxylic acids is 1. The van der Waals surface area contributed by atoms with Gasteiger partial charge in [-0.05, 0) is 29.2 Å². The first-order valence-electron chi connectivity index (χ1n) is 5.63. The van der Waals surface area contributed by atoms with Gasteiger partial charge < -0.3 is 0 Å². The van der Waals surface area contributed by atoms with Crippen molar-refractivity contribution < 1.29 is 4.79 Å². The highest BCUT2D eigenvalue weighted by Crippen LogP contribution is 2.11. The summed E-state index contributed by atoms with van der Waals surface area (Å²) in [6.45, 7) is 0. The Morgan fingerprint density at radius 1 is 0.824 bits per heavy atom. The van der Waals surface area contributed by atoms with Gasteiger partial charge in [-0.1, -0.05) is 60.7 Å². The van der Waals surface area contributed by atoms with Gasteiger partial charge in [0.25, 0.3) is 0 Å². The monoisotopic (exact) mass is 222 g/mol. The summed E-state index contributed by atoms with van der Waals surface area (Å²) in [6, 6.07) is 18.6. The predicted molar refractivity (Wildman–Crippen MR) is 70.8 cm³/mol. The molecular formula is C16H14O. The molecule has 0 saturated carbocycles. The molecule has 0 aliphatic carbocycles. The summed E-state index contributed by atoms with van der Waals surface area (Å²) < 4.78 is 0. The highest BCUT2D eigenvalue weighted by molar-refractivity contribution is 5.73. The summed E-state index contributed by atoms with van der Waals surface area (Å²) >= 11 is 0. The number of carbonyl (C=O) groups is 1. The zero-order chi connectivity index (χ0) is 11.9. The van der Waals surface area contributed by atoms with E-state index in [1.807, 2.05) is 18.2 Å². The van der Waals surface area contributed by atoms with Crippen molar-refractivity contribution in [3.63, 3.8) is 0 Å². The van der Waals surface area contributed by atoms with Crippen LogP contribution in [0.1, 0.15) is 16.7 Å². The molecule has 0 aliphatic rings. The molecule has 17 heavy (non-hydrogen) atoms. The molecule has 0 atom stereocenters. The molecular weight excluding hydrogens is 208 g/mol. The zero-order valence-electron chi connectivity index (χ0n) is 9.54. The van der Waals surface area contributed by atoms with Gasteiger partial charge in [-0.2, -0.15) is 0 Å². The standard InChI is InChI=1S/C16H14O/c17-12-4-7-14-8-10-16(11-9-14)13-15-5-2-1-3-6-15/h1-12H,13H2/b7-4+. The Morgan fingerprint density at radius 2 is 1.47 bits per heavy atom.